The van der Waals surface area contributed by atoms with Crippen LogP contribution in [0.1, 0.15) is 15.9 Å². The molecule has 0 aliphatic carbocycles. The van der Waals surface area contributed by atoms with E-state index in [0.29, 0.717) is 5.75 Å². The summed E-state index contributed by atoms with van der Waals surface area (Å²) in [6.07, 6.45) is 0. The second kappa shape index (κ2) is 7.63. The third-order valence-electron chi connectivity index (χ3n) is 4.07. The van der Waals surface area contributed by atoms with Crippen molar-refractivity contribution >= 4 is 21.6 Å². The van der Waals surface area contributed by atoms with E-state index >= 15 is 0 Å². The van der Waals surface area contributed by atoms with E-state index < -0.39 is 15.9 Å². The number of benzene rings is 3. The van der Waals surface area contributed by atoms with E-state index in [2.05, 4.69) is 0 Å². The van der Waals surface area contributed by atoms with Gasteiger partial charge in [-0.05, 0) is 55.5 Å². The molecule has 27 heavy (non-hydrogen) atoms. The van der Waals surface area contributed by atoms with Gasteiger partial charge in [0.25, 0.3) is 15.9 Å². The number of ether oxygens (including phenoxy) is 1. The fraction of sp³-hybridized carbons (Fsp3) is 0.0952. The van der Waals surface area contributed by atoms with Crippen LogP contribution in [0.5, 0.6) is 5.75 Å². The molecule has 0 bridgehead atoms. The molecule has 6 heteroatoms. The molecule has 0 saturated carbocycles. The van der Waals surface area contributed by atoms with Gasteiger partial charge >= 0.3 is 0 Å². The average molecular weight is 381 g/mol. The first kappa shape index (κ1) is 18.7. The summed E-state index contributed by atoms with van der Waals surface area (Å²) in [5.41, 5.74) is 1.45. The Hall–Kier alpha value is -3.12. The Morgan fingerprint density at radius 1 is 0.852 bits per heavy atom. The molecule has 138 valence electrons. The van der Waals surface area contributed by atoms with Crippen LogP contribution in [0.25, 0.3) is 0 Å². The number of nitrogens with zero attached hydrogens (tertiary/aromatic N) is 1. The minimum Gasteiger partial charge on any atom is -0.497 e. The first-order chi connectivity index (χ1) is 12.9. The monoisotopic (exact) mass is 381 g/mol. The Labute approximate surface area is 158 Å². The number of rotatable bonds is 5. The number of methoxy groups -OCH3 is 1. The Balaban J connectivity index is 2.14. The molecule has 0 aliphatic rings. The van der Waals surface area contributed by atoms with Crippen LogP contribution >= 0.6 is 0 Å². The van der Waals surface area contributed by atoms with Crippen molar-refractivity contribution in [3.63, 3.8) is 0 Å². The zero-order valence-corrected chi connectivity index (χ0v) is 15.8. The maximum Gasteiger partial charge on any atom is 0.272 e. The Bertz CT molecular complexity index is 1030. The highest BCUT2D eigenvalue weighted by Crippen LogP contribution is 2.28. The van der Waals surface area contributed by atoms with Crippen LogP contribution in [0.4, 0.5) is 5.69 Å². The maximum atomic E-state index is 13.3. The Morgan fingerprint density at radius 3 is 2.00 bits per heavy atom. The molecular weight excluding hydrogens is 362 g/mol. The molecule has 0 spiro atoms. The molecule has 0 fully saturated rings. The van der Waals surface area contributed by atoms with Gasteiger partial charge in [0.2, 0.25) is 0 Å². The van der Waals surface area contributed by atoms with Gasteiger partial charge in [-0.15, -0.1) is 0 Å². The molecule has 3 rings (SSSR count). The molecule has 0 heterocycles. The fourth-order valence-corrected chi connectivity index (χ4v) is 4.01. The lowest BCUT2D eigenvalue weighted by molar-refractivity contribution is 0.101. The maximum absolute atomic E-state index is 13.3. The summed E-state index contributed by atoms with van der Waals surface area (Å²) in [5, 5.41) is 0. The number of aryl methyl sites for hydroxylation is 1. The molecule has 5 nitrogen and oxygen atoms in total. The fourth-order valence-electron chi connectivity index (χ4n) is 2.60. The van der Waals surface area contributed by atoms with Crippen LogP contribution < -0.4 is 9.04 Å². The number of hydrogen-bond acceptors (Lipinski definition) is 4. The summed E-state index contributed by atoms with van der Waals surface area (Å²) in [6.45, 7) is 1.87. The standard InChI is InChI=1S/C21H19NO4S/c1-16-8-14-20(15-9-16)27(24,25)22(18-10-12-19(26-2)13-11-18)21(23)17-6-4-3-5-7-17/h3-15H,1-2H3. The van der Waals surface area contributed by atoms with Crippen molar-refractivity contribution in [1.82, 2.24) is 0 Å². The van der Waals surface area contributed by atoms with Gasteiger partial charge in [0, 0.05) is 5.56 Å². The van der Waals surface area contributed by atoms with E-state index in [-0.39, 0.29) is 16.1 Å². The number of amides is 1. The van der Waals surface area contributed by atoms with Crippen LogP contribution in [0.2, 0.25) is 0 Å². The van der Waals surface area contributed by atoms with Crippen molar-refractivity contribution in [3.05, 3.63) is 90.0 Å². The van der Waals surface area contributed by atoms with Gasteiger partial charge in [-0.2, -0.15) is 4.31 Å². The summed E-state index contributed by atoms with van der Waals surface area (Å²) in [6, 6.07) is 21.1. The summed E-state index contributed by atoms with van der Waals surface area (Å²) >= 11 is 0. The summed E-state index contributed by atoms with van der Waals surface area (Å²) in [4.78, 5) is 13.2. The lowest BCUT2D eigenvalue weighted by Crippen LogP contribution is -2.37. The number of hydrogen-bond donors (Lipinski definition) is 0. The number of carbonyl (C=O) groups is 1. The Morgan fingerprint density at radius 2 is 1.44 bits per heavy atom. The van der Waals surface area contributed by atoms with E-state index in [4.69, 9.17) is 4.74 Å². The SMILES string of the molecule is COc1ccc(N(C(=O)c2ccccc2)S(=O)(=O)c2ccc(C)cc2)cc1. The van der Waals surface area contributed by atoms with Gasteiger partial charge < -0.3 is 4.74 Å². The van der Waals surface area contributed by atoms with Crippen LogP contribution in [0.3, 0.4) is 0 Å². The van der Waals surface area contributed by atoms with E-state index in [1.807, 2.05) is 6.92 Å². The predicted molar refractivity (Wildman–Crippen MR) is 105 cm³/mol. The van der Waals surface area contributed by atoms with E-state index in [0.717, 1.165) is 9.87 Å². The van der Waals surface area contributed by atoms with Crippen LogP contribution in [-0.2, 0) is 10.0 Å². The largest absolute Gasteiger partial charge is 0.497 e. The molecule has 0 atom stereocenters. The van der Waals surface area contributed by atoms with E-state index in [1.54, 1.807) is 66.7 Å². The molecule has 0 N–H and O–H groups in total. The van der Waals surface area contributed by atoms with Crippen LogP contribution in [-0.4, -0.2) is 21.4 Å². The highest BCUT2D eigenvalue weighted by molar-refractivity contribution is 7.93. The van der Waals surface area contributed by atoms with Crippen molar-refractivity contribution in [3.8, 4) is 5.75 Å². The normalized spacial score (nSPS) is 11.0. The molecule has 0 unspecified atom stereocenters. The van der Waals surface area contributed by atoms with Gasteiger partial charge in [0.1, 0.15) is 5.75 Å². The zero-order valence-electron chi connectivity index (χ0n) is 15.0. The van der Waals surface area contributed by atoms with Crippen molar-refractivity contribution in [2.24, 2.45) is 0 Å². The number of carbonyl (C=O) groups excluding carboxylic acids is 1. The summed E-state index contributed by atoms with van der Waals surface area (Å²) < 4.78 is 32.5. The van der Waals surface area contributed by atoms with Crippen molar-refractivity contribution in [2.45, 2.75) is 11.8 Å². The molecule has 0 radical (unpaired) electrons. The van der Waals surface area contributed by atoms with Crippen molar-refractivity contribution in [2.75, 3.05) is 11.4 Å². The van der Waals surface area contributed by atoms with Gasteiger partial charge in [0.05, 0.1) is 17.7 Å². The number of sulfonamides is 1. The first-order valence-electron chi connectivity index (χ1n) is 8.29. The van der Waals surface area contributed by atoms with E-state index in [1.165, 1.54) is 19.2 Å². The lowest BCUT2D eigenvalue weighted by Gasteiger charge is -2.23. The van der Waals surface area contributed by atoms with Crippen LogP contribution in [0.15, 0.2) is 83.8 Å². The molecule has 1 amide bonds. The van der Waals surface area contributed by atoms with Crippen LogP contribution in [0, 0.1) is 6.92 Å². The average Bonchev–Trinajstić information content (AvgIpc) is 2.69. The van der Waals surface area contributed by atoms with Gasteiger partial charge in [0.15, 0.2) is 0 Å². The lowest BCUT2D eigenvalue weighted by atomic mass is 10.2. The summed E-state index contributed by atoms with van der Waals surface area (Å²) in [5.74, 6) is -0.0556. The second-order valence-corrected chi connectivity index (χ2v) is 7.74. The van der Waals surface area contributed by atoms with Crippen molar-refractivity contribution < 1.29 is 17.9 Å². The third-order valence-corrected chi connectivity index (χ3v) is 5.80. The minimum atomic E-state index is -4.09. The van der Waals surface area contributed by atoms with Gasteiger partial charge in [-0.25, -0.2) is 8.42 Å². The molecule has 0 saturated heterocycles. The summed E-state index contributed by atoms with van der Waals surface area (Å²) in [7, 11) is -2.58. The van der Waals surface area contributed by atoms with Crippen molar-refractivity contribution in [1.29, 1.82) is 0 Å². The predicted octanol–water partition coefficient (Wildman–Crippen LogP) is 4.04. The number of anilines is 1. The molecule has 0 aromatic heterocycles. The second-order valence-electron chi connectivity index (χ2n) is 5.95. The molecule has 0 aliphatic heterocycles. The minimum absolute atomic E-state index is 0.0493. The van der Waals surface area contributed by atoms with Gasteiger partial charge in [-0.1, -0.05) is 35.9 Å². The smallest absolute Gasteiger partial charge is 0.272 e. The quantitative estimate of drug-likeness (QED) is 0.669. The van der Waals surface area contributed by atoms with E-state index in [9.17, 15) is 13.2 Å². The molecule has 3 aromatic carbocycles. The molecular formula is C21H19NO4S. The zero-order chi connectivity index (χ0) is 19.4. The third kappa shape index (κ3) is 3.85. The highest BCUT2D eigenvalue weighted by atomic mass is 32.2. The molecule has 3 aromatic rings. The topological polar surface area (TPSA) is 63.7 Å². The highest BCUT2D eigenvalue weighted by Gasteiger charge is 2.31. The first-order valence-corrected chi connectivity index (χ1v) is 9.73. The van der Waals surface area contributed by atoms with Gasteiger partial charge in [-0.3, -0.25) is 4.79 Å². The Kier molecular flexibility index (Phi) is 5.28.